The molecule has 1 aromatic heterocycles. The Morgan fingerprint density at radius 2 is 1.96 bits per heavy atom. The van der Waals surface area contributed by atoms with E-state index in [1.165, 1.54) is 5.56 Å². The third-order valence-corrected chi connectivity index (χ3v) is 5.00. The zero-order chi connectivity index (χ0) is 18.4. The summed E-state index contributed by atoms with van der Waals surface area (Å²) in [6.07, 6.45) is 3.95. The number of aliphatic imine (C=N–C) groups is 1. The minimum atomic E-state index is 0.525. The molecule has 1 aliphatic rings. The molecule has 0 amide bonds. The van der Waals surface area contributed by atoms with Crippen molar-refractivity contribution < 1.29 is 0 Å². The zero-order valence-electron chi connectivity index (χ0n) is 16.7. The van der Waals surface area contributed by atoms with Gasteiger partial charge in [0.05, 0.1) is 6.20 Å². The molecule has 0 aliphatic carbocycles. The Hall–Kier alpha value is -1.60. The molecule has 2 heterocycles. The fourth-order valence-electron chi connectivity index (χ4n) is 3.42. The Labute approximate surface area is 152 Å². The van der Waals surface area contributed by atoms with Crippen LogP contribution in [0.2, 0.25) is 0 Å². The third-order valence-electron chi connectivity index (χ3n) is 5.00. The van der Waals surface area contributed by atoms with Crippen molar-refractivity contribution in [2.45, 2.75) is 26.4 Å². The van der Waals surface area contributed by atoms with E-state index in [0.29, 0.717) is 12.0 Å². The number of rotatable bonds is 6. The van der Waals surface area contributed by atoms with E-state index >= 15 is 0 Å². The maximum absolute atomic E-state index is 4.46. The van der Waals surface area contributed by atoms with Crippen molar-refractivity contribution in [3.63, 3.8) is 0 Å². The van der Waals surface area contributed by atoms with Crippen LogP contribution < -0.4 is 5.32 Å². The highest BCUT2D eigenvalue weighted by Crippen LogP contribution is 2.13. The Kier molecular flexibility index (Phi) is 7.25. The van der Waals surface area contributed by atoms with Crippen LogP contribution in [-0.2, 0) is 13.6 Å². The largest absolute Gasteiger partial charge is 0.355 e. The molecule has 1 fully saturated rings. The van der Waals surface area contributed by atoms with Crippen LogP contribution in [0, 0.1) is 5.92 Å². The van der Waals surface area contributed by atoms with Crippen LogP contribution in [0.15, 0.2) is 17.4 Å². The number of guanidine groups is 1. The topological polar surface area (TPSA) is 51.9 Å². The van der Waals surface area contributed by atoms with Gasteiger partial charge in [0.15, 0.2) is 5.96 Å². The summed E-state index contributed by atoms with van der Waals surface area (Å²) < 4.78 is 1.83. The van der Waals surface area contributed by atoms with Gasteiger partial charge in [0.1, 0.15) is 0 Å². The number of aryl methyl sites for hydroxylation is 1. The number of hydrogen-bond acceptors (Lipinski definition) is 4. The summed E-state index contributed by atoms with van der Waals surface area (Å²) in [5, 5.41) is 7.82. The van der Waals surface area contributed by atoms with Gasteiger partial charge in [-0.3, -0.25) is 14.6 Å². The maximum atomic E-state index is 4.46. The van der Waals surface area contributed by atoms with Crippen LogP contribution in [0.5, 0.6) is 0 Å². The molecule has 1 N–H and O–H groups in total. The first kappa shape index (κ1) is 19.7. The van der Waals surface area contributed by atoms with E-state index in [2.05, 4.69) is 58.1 Å². The highest BCUT2D eigenvalue weighted by atomic mass is 15.3. The Balaban J connectivity index is 1.90. The van der Waals surface area contributed by atoms with Gasteiger partial charge in [0, 0.05) is 78.2 Å². The van der Waals surface area contributed by atoms with Crippen molar-refractivity contribution in [1.82, 2.24) is 29.8 Å². The molecule has 0 radical (unpaired) electrons. The molecule has 25 heavy (non-hydrogen) atoms. The average Bonchev–Trinajstić information content (AvgIpc) is 2.97. The minimum Gasteiger partial charge on any atom is -0.355 e. The molecule has 1 saturated heterocycles. The zero-order valence-corrected chi connectivity index (χ0v) is 16.7. The SMILES string of the molecule is CN=C(NC[C@H](C(C)C)N1CCN(C)CC1)N(C)Cc1cnn(C)c1. The fraction of sp³-hybridized carbons (Fsp3) is 0.778. The summed E-state index contributed by atoms with van der Waals surface area (Å²) in [4.78, 5) is 11.6. The Bertz CT molecular complexity index is 543. The number of hydrogen-bond donors (Lipinski definition) is 1. The first-order chi connectivity index (χ1) is 11.9. The predicted molar refractivity (Wildman–Crippen MR) is 104 cm³/mol. The van der Waals surface area contributed by atoms with Crippen molar-refractivity contribution in [2.24, 2.45) is 18.0 Å². The molecule has 1 aromatic rings. The van der Waals surface area contributed by atoms with E-state index in [0.717, 1.165) is 45.2 Å². The van der Waals surface area contributed by atoms with Gasteiger partial charge in [-0.1, -0.05) is 13.8 Å². The number of piperazine rings is 1. The summed E-state index contributed by atoms with van der Waals surface area (Å²) in [7, 11) is 8.07. The lowest BCUT2D eigenvalue weighted by molar-refractivity contribution is 0.0897. The van der Waals surface area contributed by atoms with Gasteiger partial charge in [0.2, 0.25) is 0 Å². The molecule has 0 bridgehead atoms. The van der Waals surface area contributed by atoms with Gasteiger partial charge in [0.25, 0.3) is 0 Å². The first-order valence-electron chi connectivity index (χ1n) is 9.22. The first-order valence-corrected chi connectivity index (χ1v) is 9.22. The highest BCUT2D eigenvalue weighted by molar-refractivity contribution is 5.79. The van der Waals surface area contributed by atoms with E-state index in [1.54, 1.807) is 0 Å². The van der Waals surface area contributed by atoms with E-state index in [4.69, 9.17) is 0 Å². The summed E-state index contributed by atoms with van der Waals surface area (Å²) in [6, 6.07) is 0.525. The predicted octanol–water partition coefficient (Wildman–Crippen LogP) is 0.699. The highest BCUT2D eigenvalue weighted by Gasteiger charge is 2.25. The van der Waals surface area contributed by atoms with E-state index in [1.807, 2.05) is 31.2 Å². The lowest BCUT2D eigenvalue weighted by Crippen LogP contribution is -2.55. The number of aromatic nitrogens is 2. The van der Waals surface area contributed by atoms with Crippen molar-refractivity contribution in [3.05, 3.63) is 18.0 Å². The summed E-state index contributed by atoms with van der Waals surface area (Å²) in [5.41, 5.74) is 1.19. The van der Waals surface area contributed by atoms with Gasteiger partial charge < -0.3 is 15.1 Å². The lowest BCUT2D eigenvalue weighted by atomic mass is 10.0. The molecule has 0 saturated carbocycles. The molecule has 7 nitrogen and oxygen atoms in total. The summed E-state index contributed by atoms with van der Waals surface area (Å²) >= 11 is 0. The van der Waals surface area contributed by atoms with Crippen molar-refractivity contribution in [1.29, 1.82) is 0 Å². The summed E-state index contributed by atoms with van der Waals surface area (Å²) in [6.45, 7) is 10.9. The van der Waals surface area contributed by atoms with Gasteiger partial charge >= 0.3 is 0 Å². The Morgan fingerprint density at radius 1 is 1.28 bits per heavy atom. The fourth-order valence-corrected chi connectivity index (χ4v) is 3.42. The van der Waals surface area contributed by atoms with Crippen LogP contribution in [0.25, 0.3) is 0 Å². The molecule has 7 heteroatoms. The van der Waals surface area contributed by atoms with Crippen LogP contribution in [0.3, 0.4) is 0 Å². The van der Waals surface area contributed by atoms with E-state index < -0.39 is 0 Å². The molecule has 0 spiro atoms. The molecule has 1 aliphatic heterocycles. The Morgan fingerprint density at radius 3 is 2.48 bits per heavy atom. The van der Waals surface area contributed by atoms with Gasteiger partial charge in [-0.2, -0.15) is 5.10 Å². The van der Waals surface area contributed by atoms with Gasteiger partial charge in [-0.25, -0.2) is 0 Å². The second-order valence-corrected chi connectivity index (χ2v) is 7.46. The normalized spacial score (nSPS) is 18.6. The number of likely N-dealkylation sites (N-methyl/N-ethyl adjacent to an activating group) is 1. The van der Waals surface area contributed by atoms with Crippen molar-refractivity contribution in [3.8, 4) is 0 Å². The number of nitrogens with one attached hydrogen (secondary N) is 1. The van der Waals surface area contributed by atoms with E-state index in [-0.39, 0.29) is 0 Å². The van der Waals surface area contributed by atoms with Gasteiger partial charge in [-0.05, 0) is 13.0 Å². The summed E-state index contributed by atoms with van der Waals surface area (Å²) in [5.74, 6) is 1.54. The molecule has 0 aromatic carbocycles. The van der Waals surface area contributed by atoms with Gasteiger partial charge in [-0.15, -0.1) is 0 Å². The quantitative estimate of drug-likeness (QED) is 0.605. The number of nitrogens with zero attached hydrogens (tertiary/aromatic N) is 6. The molecule has 0 unspecified atom stereocenters. The monoisotopic (exact) mass is 349 g/mol. The molecule has 142 valence electrons. The van der Waals surface area contributed by atoms with E-state index in [9.17, 15) is 0 Å². The van der Waals surface area contributed by atoms with Crippen molar-refractivity contribution >= 4 is 5.96 Å². The maximum Gasteiger partial charge on any atom is 0.193 e. The smallest absolute Gasteiger partial charge is 0.193 e. The second-order valence-electron chi connectivity index (χ2n) is 7.46. The third kappa shape index (κ3) is 5.71. The second kappa shape index (κ2) is 9.20. The molecule has 1 atom stereocenters. The standard InChI is InChI=1S/C18H35N7/c1-15(2)17(25-9-7-22(4)8-10-25)12-20-18(19-3)23(5)13-16-11-21-24(6)14-16/h11,14-15,17H,7-10,12-13H2,1-6H3,(H,19,20)/t17-/m1/s1. The van der Waals surface area contributed by atoms with Crippen LogP contribution in [0.4, 0.5) is 0 Å². The molecule has 2 rings (SSSR count). The van der Waals surface area contributed by atoms with Crippen LogP contribution >= 0.6 is 0 Å². The lowest BCUT2D eigenvalue weighted by Gasteiger charge is -2.40. The minimum absolute atomic E-state index is 0.525. The van der Waals surface area contributed by atoms with Crippen LogP contribution in [0.1, 0.15) is 19.4 Å². The molecular formula is C18H35N7. The van der Waals surface area contributed by atoms with Crippen LogP contribution in [-0.4, -0.2) is 90.3 Å². The van der Waals surface area contributed by atoms with Crippen molar-refractivity contribution in [2.75, 3.05) is 53.9 Å². The average molecular weight is 350 g/mol. The molecular weight excluding hydrogens is 314 g/mol.